The van der Waals surface area contributed by atoms with E-state index in [1.165, 1.54) is 95.3 Å². The number of carbonyl (C=O) groups is 6. The smallest absolute Gasteiger partial charge is 0.512 e. The molecule has 0 bridgehead atoms. The van der Waals surface area contributed by atoms with Gasteiger partial charge in [-0.3, -0.25) is 33.9 Å². The Bertz CT molecular complexity index is 5460. The Morgan fingerprint density at radius 3 is 1.04 bits per heavy atom. The Balaban J connectivity index is 0.000000291. The van der Waals surface area contributed by atoms with Crippen LogP contribution >= 0.6 is 19.9 Å². The zero-order valence-corrected chi connectivity index (χ0v) is 85.2. The average molecular weight is 1940 g/mol. The molecule has 725 valence electrons. The first kappa shape index (κ1) is 119. The van der Waals surface area contributed by atoms with Gasteiger partial charge in [0.2, 0.25) is 5.91 Å². The summed E-state index contributed by atoms with van der Waals surface area (Å²) in [5, 5.41) is 39.0. The first-order valence-corrected chi connectivity index (χ1v) is 49.5. The molecule has 0 heterocycles. The first-order chi connectivity index (χ1) is 66.8. The maximum Gasteiger partial charge on any atom is 1.00 e. The summed E-state index contributed by atoms with van der Waals surface area (Å²) >= 11 is 0. The Kier molecular flexibility index (Phi) is 55.7. The number of Topliss-reactive ketones (excluding diaryl/α,β-unsaturated/α-hetero) is 1. The molecule has 140 heavy (non-hydrogen) atoms. The molecule has 1 unspecified atom stereocenters. The van der Waals surface area contributed by atoms with Crippen molar-refractivity contribution in [2.75, 3.05) is 51.8 Å². The second kappa shape index (κ2) is 65.5. The molecule has 1 atom stereocenters. The summed E-state index contributed by atoms with van der Waals surface area (Å²) in [4.78, 5) is 66.9. The quantitative estimate of drug-likeness (QED) is 0.00367. The Hall–Kier alpha value is -11.5. The average Bonchev–Trinajstić information content (AvgIpc) is 0.783. The van der Waals surface area contributed by atoms with Gasteiger partial charge in [0.1, 0.15) is 5.78 Å². The van der Waals surface area contributed by atoms with Gasteiger partial charge in [-0.15, -0.1) is 0 Å². The number of ketones is 4. The predicted molar refractivity (Wildman–Crippen MR) is 566 cm³/mol. The summed E-state index contributed by atoms with van der Waals surface area (Å²) in [6.07, 6.45) is 22.9. The van der Waals surface area contributed by atoms with Crippen LogP contribution in [0.5, 0.6) is 0 Å². The zero-order chi connectivity index (χ0) is 99.8. The maximum absolute atomic E-state index is 13.3. The third-order valence-corrected chi connectivity index (χ3v) is 24.7. The molecule has 4 aliphatic carbocycles. The molecule has 0 spiro atoms. The maximum atomic E-state index is 13.3. The minimum absolute atomic E-state index is 0. The molecular weight excluding hydrogens is 1800 g/mol. The molecule has 1 amide bonds. The second-order valence-corrected chi connectivity index (χ2v) is 36.6. The number of nitrogens with zero attached hydrogens (tertiary/aromatic N) is 1. The van der Waals surface area contributed by atoms with E-state index in [0.717, 1.165) is 93.4 Å². The molecule has 24 heteroatoms. The van der Waals surface area contributed by atoms with Gasteiger partial charge in [-0.1, -0.05) is 343 Å². The number of aliphatic carboxylic acids is 1. The van der Waals surface area contributed by atoms with E-state index in [1.807, 2.05) is 72.8 Å². The molecule has 4 aliphatic rings. The van der Waals surface area contributed by atoms with Crippen molar-refractivity contribution in [3.8, 4) is 0 Å². The summed E-state index contributed by atoms with van der Waals surface area (Å²) in [5.41, 5.74) is 18.3. The van der Waals surface area contributed by atoms with Gasteiger partial charge in [-0.05, 0) is 195 Å². The number of carbonyl (C=O) groups excluding carboxylic acids is 5. The van der Waals surface area contributed by atoms with Gasteiger partial charge in [-0.2, -0.15) is 10.5 Å². The zero-order valence-electron chi connectivity index (χ0n) is 81.2. The van der Waals surface area contributed by atoms with E-state index < -0.39 is 36.3 Å². The number of benzene rings is 12. The largest absolute Gasteiger partial charge is 1.00 e. The molecule has 3 radical (unpaired) electrons. The van der Waals surface area contributed by atoms with Crippen LogP contribution in [0.25, 0.3) is 0 Å². The third kappa shape index (κ3) is 39.5. The van der Waals surface area contributed by atoms with Gasteiger partial charge in [-0.25, -0.2) is 17.6 Å². The number of nitrogens with one attached hydrogen (secondary N) is 5. The van der Waals surface area contributed by atoms with Crippen molar-refractivity contribution in [2.45, 2.75) is 150 Å². The molecule has 0 aliphatic heterocycles. The molecule has 12 aromatic rings. The number of halogens is 4. The van der Waals surface area contributed by atoms with Gasteiger partial charge in [0, 0.05) is 105 Å². The normalized spacial score (nSPS) is 14.3. The fraction of sp³-hybridized carbons (Fsp3) is 0.276. The van der Waals surface area contributed by atoms with Crippen molar-refractivity contribution in [1.82, 2.24) is 26.3 Å². The fourth-order valence-corrected chi connectivity index (χ4v) is 17.5. The number of hydrogen-bond acceptors (Lipinski definition) is 13. The van der Waals surface area contributed by atoms with E-state index >= 15 is 0 Å². The summed E-state index contributed by atoms with van der Waals surface area (Å²) in [6, 6.07) is 112. The second-order valence-electron chi connectivity index (χ2n) is 34.3. The van der Waals surface area contributed by atoms with Crippen molar-refractivity contribution in [3.63, 3.8) is 0 Å². The molecule has 12 aromatic carbocycles. The Labute approximate surface area is 856 Å². The van der Waals surface area contributed by atoms with Crippen molar-refractivity contribution in [1.29, 1.82) is 5.26 Å². The number of nitrogens with two attached hydrogens (primary N) is 1. The number of carboxylic acid groups (broad SMARTS) is 1. The molecule has 0 saturated heterocycles. The van der Waals surface area contributed by atoms with E-state index in [0.29, 0.717) is 79.4 Å². The Morgan fingerprint density at radius 1 is 0.471 bits per heavy atom. The van der Waals surface area contributed by atoms with Crippen molar-refractivity contribution >= 4 is 76.2 Å². The summed E-state index contributed by atoms with van der Waals surface area (Å²) in [7, 11) is 2.53. The molecule has 9 N–H and O–H groups in total. The van der Waals surface area contributed by atoms with Crippen LogP contribution in [-0.4, -0.2) is 130 Å². The summed E-state index contributed by atoms with van der Waals surface area (Å²) < 4.78 is 51.1. The number of amides is 1. The summed E-state index contributed by atoms with van der Waals surface area (Å²) in [5.74, 6) is -0.695. The SMILES string of the molecule is C=CC(C)=O.C=S(C)C.CB(O)NCCN.O=C(Cc1ccc(F)c(F)c1)NCCNC1CCC(c2ccccc2)(c2ccccc2)CC1.O=C(O)Cc1ccc(F)c(F)c1.O=C(c1ccccc1)c1ccccc1.O=C1C=CC(c2ccccc2)(c2ccccc2)CC1.O=C1CCC(c2ccccc2)(c2ccccc2)CC1.PNCCNC1CCC(c2ccccc2)(c2ccccc2)CC1.[B].[C-]#N.[Na+]. The van der Waals surface area contributed by atoms with Crippen LogP contribution in [0.15, 0.2) is 365 Å². The van der Waals surface area contributed by atoms with E-state index in [4.69, 9.17) is 27.7 Å². The van der Waals surface area contributed by atoms with E-state index in [1.54, 1.807) is 12.9 Å². The van der Waals surface area contributed by atoms with Gasteiger partial charge >= 0.3 is 42.6 Å². The van der Waals surface area contributed by atoms with Crippen molar-refractivity contribution < 1.29 is 86.0 Å². The van der Waals surface area contributed by atoms with E-state index in [9.17, 15) is 46.3 Å². The molecule has 16 rings (SSSR count). The van der Waals surface area contributed by atoms with Gasteiger partial charge < -0.3 is 48.9 Å². The van der Waals surface area contributed by atoms with Crippen LogP contribution in [0.2, 0.25) is 6.82 Å². The van der Waals surface area contributed by atoms with Crippen molar-refractivity contribution in [2.24, 2.45) is 5.73 Å². The van der Waals surface area contributed by atoms with E-state index in [2.05, 4.69) is 297 Å². The van der Waals surface area contributed by atoms with Gasteiger partial charge in [0.15, 0.2) is 40.6 Å². The fourth-order valence-electron chi connectivity index (χ4n) is 17.4. The molecule has 15 nitrogen and oxygen atoms in total. The monoisotopic (exact) mass is 1930 g/mol. The number of allylic oxidation sites excluding steroid dienone is 3. The van der Waals surface area contributed by atoms with Crippen LogP contribution in [0.3, 0.4) is 0 Å². The van der Waals surface area contributed by atoms with Crippen LogP contribution in [0, 0.1) is 35.1 Å². The minimum Gasteiger partial charge on any atom is -0.512 e. The topological polar surface area (TPSA) is 253 Å². The third-order valence-electron chi connectivity index (χ3n) is 24.4. The Morgan fingerprint density at radius 2 is 0.771 bits per heavy atom. The van der Waals surface area contributed by atoms with Gasteiger partial charge in [0.05, 0.1) is 12.8 Å². The van der Waals surface area contributed by atoms with Crippen LogP contribution < -0.4 is 61.6 Å². The van der Waals surface area contributed by atoms with Crippen LogP contribution in [0.1, 0.15) is 168 Å². The van der Waals surface area contributed by atoms with Crippen molar-refractivity contribution in [3.05, 3.63) is 461 Å². The van der Waals surface area contributed by atoms with Gasteiger partial charge in [0.25, 0.3) is 0 Å². The van der Waals surface area contributed by atoms with Crippen LogP contribution in [0.4, 0.5) is 17.6 Å². The first-order valence-electron chi connectivity index (χ1n) is 46.7. The molecule has 3 fully saturated rings. The standard InChI is InChI=1S/C28H30F2N2O.C20H27N2P.C18H18O.C18H16O.C13H10O.C8H6F2O2.C4H6O.C3H11BN2O.C3H8S.CN.B.Na/c29-25-12-11-21(19-26(25)30)20-27(33)32-18-17-31-24-13-15-28(16-14-24,22-7-3-1-4-8-22)23-9-5-2-6-10-23;23-22-16-15-21-19-11-13-20(14-12-19,17-7-3-1-4-8-17)18-9-5-2-6-10-18;2*19-17-11-13-18(14-12-17,15-7-3-1-4-8-15)16-9-5-2-6-10-16;14-13(11-7-3-1-4-8-11)12-9-5-2-6-10-12;9-6-2-1-5(3-7(6)10)4-8(11)12;1-3-4(2)5;1-4(7)6-3-2-5;1-4(2)3;1-2;;/h1-12,19,24,31H,13-18,20H2,(H,32,33);1-10,19,21-22H,11-16,23H2;1-10H,11-14H2;1-11,13H,12,14H2;1-10H;1-3H,4H2,(H,11,12);3H,1H2,2H3;6-7H,2-3,5H2,1H3;1H2,2-3H3;;;/q;;;;;;;;;-1;;+1. The molecule has 0 aromatic heterocycles. The number of carboxylic acids is 1. The summed E-state index contributed by atoms with van der Waals surface area (Å²) in [6.45, 7) is 15.6. The predicted octanol–water partition coefficient (Wildman–Crippen LogP) is 18.6. The molecule has 3 saturated carbocycles. The van der Waals surface area contributed by atoms with E-state index in [-0.39, 0.29) is 101 Å². The van der Waals surface area contributed by atoms with Crippen LogP contribution in [-0.2, 0) is 58.5 Å². The minimum atomic E-state index is -1.07. The number of rotatable bonds is 26. The number of hydrogen-bond donors (Lipinski definition) is 8. The molecular formula is C116H132B2F4N7NaO8PS.